The van der Waals surface area contributed by atoms with Gasteiger partial charge in [-0.1, -0.05) is 44.2 Å². The van der Waals surface area contributed by atoms with Crippen molar-refractivity contribution in [1.82, 2.24) is 10.7 Å². The number of benzene rings is 1. The van der Waals surface area contributed by atoms with E-state index in [1.807, 2.05) is 44.2 Å². The van der Waals surface area contributed by atoms with Gasteiger partial charge in [-0.05, 0) is 11.5 Å². The first-order valence-corrected chi connectivity index (χ1v) is 6.70. The maximum Gasteiger partial charge on any atom is 0.240 e. The molecule has 0 saturated carbocycles. The highest BCUT2D eigenvalue weighted by Crippen LogP contribution is 1.98. The van der Waals surface area contributed by atoms with E-state index in [2.05, 4.69) is 15.8 Å². The normalized spacial score (nSPS) is 10.8. The molecule has 5 nitrogen and oxygen atoms in total. The molecule has 108 valence electrons. The van der Waals surface area contributed by atoms with Crippen LogP contribution in [0.1, 0.15) is 32.3 Å². The van der Waals surface area contributed by atoms with Gasteiger partial charge in [0.2, 0.25) is 11.8 Å². The number of hydrogen-bond acceptors (Lipinski definition) is 3. The largest absolute Gasteiger partial charge is 0.352 e. The monoisotopic (exact) mass is 275 g/mol. The first-order valence-electron chi connectivity index (χ1n) is 6.70. The van der Waals surface area contributed by atoms with E-state index >= 15 is 0 Å². The molecule has 0 bridgehead atoms. The number of rotatable bonds is 7. The molecule has 1 rings (SSSR count). The summed E-state index contributed by atoms with van der Waals surface area (Å²) in [6.45, 7) is 4.41. The number of nitrogens with one attached hydrogen (secondary N) is 2. The summed E-state index contributed by atoms with van der Waals surface area (Å²) in [5.41, 5.74) is 3.43. The number of hydrogen-bond donors (Lipinski definition) is 2. The fraction of sp³-hybridized carbons (Fsp3) is 0.400. The molecule has 0 unspecified atom stereocenters. The summed E-state index contributed by atoms with van der Waals surface area (Å²) in [6, 6.07) is 9.64. The van der Waals surface area contributed by atoms with Gasteiger partial charge < -0.3 is 5.32 Å². The summed E-state index contributed by atoms with van der Waals surface area (Å²) in [6.07, 6.45) is 1.94. The summed E-state index contributed by atoms with van der Waals surface area (Å²) in [5.74, 6) is -0.113. The molecule has 0 aliphatic heterocycles. The van der Waals surface area contributed by atoms with Crippen molar-refractivity contribution in [3.63, 3.8) is 0 Å². The molecule has 0 saturated heterocycles. The Labute approximate surface area is 119 Å². The van der Waals surface area contributed by atoms with Crippen LogP contribution in [0, 0.1) is 5.92 Å². The molecule has 0 fully saturated rings. The topological polar surface area (TPSA) is 70.6 Å². The molecule has 2 amide bonds. The SMILES string of the molecule is CC(C)/C=N/NC(=O)CCC(=O)NCc1ccccc1. The molecule has 0 heterocycles. The van der Waals surface area contributed by atoms with Gasteiger partial charge in [0.1, 0.15) is 0 Å². The second kappa shape index (κ2) is 8.85. The van der Waals surface area contributed by atoms with Crippen molar-refractivity contribution >= 4 is 18.0 Å². The minimum atomic E-state index is -0.253. The predicted molar refractivity (Wildman–Crippen MR) is 79.0 cm³/mol. The first-order chi connectivity index (χ1) is 9.58. The Morgan fingerprint density at radius 3 is 2.45 bits per heavy atom. The molecule has 1 aromatic rings. The van der Waals surface area contributed by atoms with Crippen molar-refractivity contribution in [2.24, 2.45) is 11.0 Å². The lowest BCUT2D eigenvalue weighted by molar-refractivity contribution is -0.126. The van der Waals surface area contributed by atoms with E-state index < -0.39 is 0 Å². The van der Waals surface area contributed by atoms with Crippen molar-refractivity contribution in [3.8, 4) is 0 Å². The Morgan fingerprint density at radius 1 is 1.15 bits per heavy atom. The average molecular weight is 275 g/mol. The quantitative estimate of drug-likeness (QED) is 0.589. The van der Waals surface area contributed by atoms with Crippen LogP contribution in [0.3, 0.4) is 0 Å². The summed E-state index contributed by atoms with van der Waals surface area (Å²) in [4.78, 5) is 23.0. The van der Waals surface area contributed by atoms with Crippen LogP contribution in [0.5, 0.6) is 0 Å². The van der Waals surface area contributed by atoms with Crippen LogP contribution < -0.4 is 10.7 Å². The number of amides is 2. The van der Waals surface area contributed by atoms with Gasteiger partial charge in [0.15, 0.2) is 0 Å². The molecule has 0 aliphatic rings. The Hall–Kier alpha value is -2.17. The second-order valence-corrected chi connectivity index (χ2v) is 4.82. The summed E-state index contributed by atoms with van der Waals surface area (Å²) in [7, 11) is 0. The molecule has 5 heteroatoms. The molecule has 0 aromatic heterocycles. The second-order valence-electron chi connectivity index (χ2n) is 4.82. The summed E-state index contributed by atoms with van der Waals surface area (Å²) >= 11 is 0. The third-order valence-electron chi connectivity index (χ3n) is 2.47. The number of carbonyl (C=O) groups excluding carboxylic acids is 2. The fourth-order valence-electron chi connectivity index (χ4n) is 1.43. The lowest BCUT2D eigenvalue weighted by Crippen LogP contribution is -2.25. The van der Waals surface area contributed by atoms with Crippen molar-refractivity contribution in [1.29, 1.82) is 0 Å². The average Bonchev–Trinajstić information content (AvgIpc) is 2.43. The van der Waals surface area contributed by atoms with Gasteiger partial charge in [0.25, 0.3) is 0 Å². The molecule has 2 N–H and O–H groups in total. The van der Waals surface area contributed by atoms with Crippen LogP contribution in [-0.2, 0) is 16.1 Å². The van der Waals surface area contributed by atoms with E-state index in [4.69, 9.17) is 0 Å². The summed E-state index contributed by atoms with van der Waals surface area (Å²) in [5, 5.41) is 6.56. The Balaban J connectivity index is 2.18. The standard InChI is InChI=1S/C15H21N3O2/c1-12(2)10-17-18-15(20)9-8-14(19)16-11-13-6-4-3-5-7-13/h3-7,10,12H,8-9,11H2,1-2H3,(H,16,19)(H,18,20)/b17-10+. The maximum atomic E-state index is 11.6. The van der Waals surface area contributed by atoms with Gasteiger partial charge in [0.05, 0.1) is 0 Å². The van der Waals surface area contributed by atoms with Crippen molar-refractivity contribution in [3.05, 3.63) is 35.9 Å². The first kappa shape index (κ1) is 15.9. The summed E-state index contributed by atoms with van der Waals surface area (Å²) < 4.78 is 0. The van der Waals surface area contributed by atoms with E-state index in [9.17, 15) is 9.59 Å². The van der Waals surface area contributed by atoms with Crippen LogP contribution >= 0.6 is 0 Å². The molecule has 0 atom stereocenters. The van der Waals surface area contributed by atoms with E-state index in [0.29, 0.717) is 6.54 Å². The maximum absolute atomic E-state index is 11.6. The van der Waals surface area contributed by atoms with Crippen molar-refractivity contribution in [2.45, 2.75) is 33.2 Å². The van der Waals surface area contributed by atoms with Crippen molar-refractivity contribution in [2.75, 3.05) is 0 Å². The van der Waals surface area contributed by atoms with Crippen LogP contribution in [0.15, 0.2) is 35.4 Å². The zero-order valence-corrected chi connectivity index (χ0v) is 11.9. The molecule has 0 radical (unpaired) electrons. The van der Waals surface area contributed by atoms with Crippen LogP contribution in [0.2, 0.25) is 0 Å². The Bertz CT molecular complexity index is 455. The predicted octanol–water partition coefficient (Wildman–Crippen LogP) is 1.84. The van der Waals surface area contributed by atoms with E-state index in [1.54, 1.807) is 6.21 Å². The van der Waals surface area contributed by atoms with Crippen molar-refractivity contribution < 1.29 is 9.59 Å². The molecule has 1 aromatic carbocycles. The third kappa shape index (κ3) is 7.31. The van der Waals surface area contributed by atoms with Gasteiger partial charge >= 0.3 is 0 Å². The van der Waals surface area contributed by atoms with Gasteiger partial charge in [-0.15, -0.1) is 0 Å². The lowest BCUT2D eigenvalue weighted by atomic mass is 10.2. The van der Waals surface area contributed by atoms with Gasteiger partial charge in [-0.25, -0.2) is 5.43 Å². The van der Waals surface area contributed by atoms with Gasteiger partial charge in [-0.3, -0.25) is 9.59 Å². The zero-order chi connectivity index (χ0) is 14.8. The number of nitrogens with zero attached hydrogens (tertiary/aromatic N) is 1. The van der Waals surface area contributed by atoms with Gasteiger partial charge in [-0.2, -0.15) is 5.10 Å². The minimum Gasteiger partial charge on any atom is -0.352 e. The minimum absolute atomic E-state index is 0.135. The number of hydrazone groups is 1. The Kier molecular flexibility index (Phi) is 7.03. The molecule has 20 heavy (non-hydrogen) atoms. The third-order valence-corrected chi connectivity index (χ3v) is 2.47. The van der Waals surface area contributed by atoms with E-state index in [1.165, 1.54) is 0 Å². The molecule has 0 aliphatic carbocycles. The van der Waals surface area contributed by atoms with Crippen LogP contribution in [0.25, 0.3) is 0 Å². The number of carbonyl (C=O) groups is 2. The van der Waals surface area contributed by atoms with E-state index in [-0.39, 0.29) is 30.6 Å². The highest BCUT2D eigenvalue weighted by atomic mass is 16.2. The zero-order valence-electron chi connectivity index (χ0n) is 11.9. The molecular weight excluding hydrogens is 254 g/mol. The highest BCUT2D eigenvalue weighted by molar-refractivity contribution is 5.83. The smallest absolute Gasteiger partial charge is 0.240 e. The fourth-order valence-corrected chi connectivity index (χ4v) is 1.43. The van der Waals surface area contributed by atoms with Crippen LogP contribution in [0.4, 0.5) is 0 Å². The Morgan fingerprint density at radius 2 is 1.80 bits per heavy atom. The van der Waals surface area contributed by atoms with Gasteiger partial charge in [0, 0.05) is 25.6 Å². The molecule has 0 spiro atoms. The van der Waals surface area contributed by atoms with E-state index in [0.717, 1.165) is 5.56 Å². The highest BCUT2D eigenvalue weighted by Gasteiger charge is 2.05. The lowest BCUT2D eigenvalue weighted by Gasteiger charge is -2.05. The van der Waals surface area contributed by atoms with Crippen LogP contribution in [-0.4, -0.2) is 18.0 Å². The molecular formula is C15H21N3O2.